The number of benzene rings is 1. The van der Waals surface area contributed by atoms with Crippen molar-refractivity contribution < 1.29 is 26.7 Å². The third-order valence-electron chi connectivity index (χ3n) is 5.45. The number of rotatable bonds is 6. The van der Waals surface area contributed by atoms with E-state index in [-0.39, 0.29) is 41.4 Å². The molecule has 1 aromatic carbocycles. The molecule has 0 aliphatic heterocycles. The number of halogens is 2. The van der Waals surface area contributed by atoms with Crippen LogP contribution in [0.3, 0.4) is 0 Å². The molecule has 3 aromatic rings. The Morgan fingerprint density at radius 2 is 2.09 bits per heavy atom. The van der Waals surface area contributed by atoms with Crippen molar-refractivity contribution in [3.8, 4) is 11.3 Å². The number of ether oxygens (including phenoxy) is 1. The Kier molecular flexibility index (Phi) is 5.37. The third-order valence-corrected chi connectivity index (χ3v) is 6.93. The van der Waals surface area contributed by atoms with Crippen LogP contribution in [0.15, 0.2) is 35.6 Å². The van der Waals surface area contributed by atoms with Crippen molar-refractivity contribution in [1.29, 1.82) is 0 Å². The van der Waals surface area contributed by atoms with Crippen LogP contribution in [-0.4, -0.2) is 48.3 Å². The maximum absolute atomic E-state index is 13.1. The van der Waals surface area contributed by atoms with E-state index in [9.17, 15) is 22.0 Å². The highest BCUT2D eigenvalue weighted by atomic mass is 32.2. The number of imidazole rings is 1. The van der Waals surface area contributed by atoms with E-state index in [1.807, 2.05) is 0 Å². The van der Waals surface area contributed by atoms with E-state index in [2.05, 4.69) is 14.7 Å². The Morgan fingerprint density at radius 3 is 2.75 bits per heavy atom. The monoisotopic (exact) mass is 465 g/mol. The van der Waals surface area contributed by atoms with Gasteiger partial charge in [-0.2, -0.15) is 0 Å². The number of fused-ring (bicyclic) bond motifs is 1. The highest BCUT2D eigenvalue weighted by Crippen LogP contribution is 2.42. The Labute approximate surface area is 182 Å². The zero-order valence-electron chi connectivity index (χ0n) is 17.3. The molecule has 1 fully saturated rings. The maximum atomic E-state index is 13.1. The number of nitrogen functional groups attached to an aromatic ring is 1. The predicted octanol–water partition coefficient (Wildman–Crippen LogP) is 2.40. The molecule has 0 atom stereocenters. The normalized spacial score (nSPS) is 16.1. The van der Waals surface area contributed by atoms with Gasteiger partial charge in [0.15, 0.2) is 11.3 Å². The number of aromatic nitrogens is 3. The first-order valence-corrected chi connectivity index (χ1v) is 11.2. The van der Waals surface area contributed by atoms with E-state index >= 15 is 0 Å². The minimum Gasteiger partial charge on any atom is -0.464 e. The number of esters is 1. The first-order chi connectivity index (χ1) is 15.0. The Balaban J connectivity index is 1.76. The lowest BCUT2D eigenvalue weighted by Crippen LogP contribution is -2.42. The molecule has 12 heteroatoms. The topological polar surface area (TPSA) is 129 Å². The van der Waals surface area contributed by atoms with Gasteiger partial charge in [-0.1, -0.05) is 6.07 Å². The predicted molar refractivity (Wildman–Crippen MR) is 112 cm³/mol. The van der Waals surface area contributed by atoms with Gasteiger partial charge in [-0.3, -0.25) is 0 Å². The molecule has 32 heavy (non-hydrogen) atoms. The van der Waals surface area contributed by atoms with Crippen molar-refractivity contribution in [2.75, 3.05) is 19.4 Å². The molecular weight excluding hydrogens is 444 g/mol. The van der Waals surface area contributed by atoms with Gasteiger partial charge in [-0.25, -0.2) is 36.7 Å². The summed E-state index contributed by atoms with van der Waals surface area (Å²) >= 11 is 0. The number of nitrogens with zero attached hydrogens (tertiary/aromatic N) is 3. The molecule has 0 unspecified atom stereocenters. The Bertz CT molecular complexity index is 1320. The van der Waals surface area contributed by atoms with Crippen molar-refractivity contribution in [2.24, 2.45) is 5.92 Å². The van der Waals surface area contributed by atoms with Gasteiger partial charge in [0.05, 0.1) is 12.8 Å². The van der Waals surface area contributed by atoms with E-state index in [1.54, 1.807) is 23.6 Å². The number of sulfonamides is 1. The molecule has 9 nitrogen and oxygen atoms in total. The number of nitrogens with one attached hydrogen (secondary N) is 1. The third kappa shape index (κ3) is 3.91. The minimum absolute atomic E-state index is 0.0101. The number of hydrogen-bond donors (Lipinski definition) is 2. The summed E-state index contributed by atoms with van der Waals surface area (Å²) < 4.78 is 60.6. The molecule has 2 aromatic heterocycles. The van der Waals surface area contributed by atoms with E-state index in [4.69, 9.17) is 10.5 Å². The molecule has 4 rings (SSSR count). The van der Waals surface area contributed by atoms with Crippen molar-refractivity contribution in [1.82, 2.24) is 19.1 Å². The van der Waals surface area contributed by atoms with Crippen LogP contribution in [0.1, 0.15) is 28.9 Å². The van der Waals surface area contributed by atoms with Crippen LogP contribution in [0.4, 0.5) is 14.5 Å². The zero-order chi connectivity index (χ0) is 23.3. The standard InChI is InChI=1S/C20H21F2N5O4S/c1-11-3-4-14(32(29,30)25-9-12-7-20(21,22)8-12)16(23)15(11)17-18-24-5-6-27(18)10-13(26-17)19(28)31-2/h3-6,10,12,25H,7-9,23H2,1-2H3. The first-order valence-electron chi connectivity index (χ1n) is 9.71. The Hall–Kier alpha value is -3.12. The number of hydrogen-bond acceptors (Lipinski definition) is 7. The van der Waals surface area contributed by atoms with Gasteiger partial charge < -0.3 is 14.9 Å². The van der Waals surface area contributed by atoms with Crippen LogP contribution >= 0.6 is 0 Å². The summed E-state index contributed by atoms with van der Waals surface area (Å²) in [6, 6.07) is 2.91. The lowest BCUT2D eigenvalue weighted by atomic mass is 9.82. The summed E-state index contributed by atoms with van der Waals surface area (Å²) in [5.41, 5.74) is 7.67. The van der Waals surface area contributed by atoms with Gasteiger partial charge in [0.1, 0.15) is 10.6 Å². The summed E-state index contributed by atoms with van der Waals surface area (Å²) in [5, 5.41) is 0. The minimum atomic E-state index is -4.08. The quantitative estimate of drug-likeness (QED) is 0.422. The van der Waals surface area contributed by atoms with Gasteiger partial charge in [0.25, 0.3) is 0 Å². The number of carbonyl (C=O) groups excluding carboxylic acids is 1. The smallest absolute Gasteiger partial charge is 0.358 e. The fourth-order valence-corrected chi connectivity index (χ4v) is 5.04. The zero-order valence-corrected chi connectivity index (χ0v) is 18.1. The molecule has 0 amide bonds. The van der Waals surface area contributed by atoms with Gasteiger partial charge in [0, 0.05) is 43.5 Å². The van der Waals surface area contributed by atoms with E-state index < -0.39 is 27.8 Å². The number of anilines is 1. The summed E-state index contributed by atoms with van der Waals surface area (Å²) in [7, 11) is -2.86. The van der Waals surface area contributed by atoms with Crippen LogP contribution in [-0.2, 0) is 14.8 Å². The fourth-order valence-electron chi connectivity index (χ4n) is 3.79. The molecule has 0 bridgehead atoms. The lowest BCUT2D eigenvalue weighted by Gasteiger charge is -2.34. The van der Waals surface area contributed by atoms with Crippen molar-refractivity contribution in [3.63, 3.8) is 0 Å². The van der Waals surface area contributed by atoms with Crippen LogP contribution in [0.5, 0.6) is 0 Å². The Morgan fingerprint density at radius 1 is 1.38 bits per heavy atom. The maximum Gasteiger partial charge on any atom is 0.358 e. The molecule has 0 radical (unpaired) electrons. The van der Waals surface area contributed by atoms with Crippen molar-refractivity contribution in [2.45, 2.75) is 30.6 Å². The van der Waals surface area contributed by atoms with E-state index in [1.165, 1.54) is 25.6 Å². The molecule has 170 valence electrons. The van der Waals surface area contributed by atoms with E-state index in [0.717, 1.165) is 0 Å². The summed E-state index contributed by atoms with van der Waals surface area (Å²) in [6.07, 6.45) is 3.84. The second-order valence-electron chi connectivity index (χ2n) is 7.78. The van der Waals surface area contributed by atoms with Crippen LogP contribution in [0.25, 0.3) is 16.9 Å². The highest BCUT2D eigenvalue weighted by molar-refractivity contribution is 7.89. The average Bonchev–Trinajstić information content (AvgIpc) is 3.18. The van der Waals surface area contributed by atoms with E-state index in [0.29, 0.717) is 16.8 Å². The molecule has 1 aliphatic carbocycles. The van der Waals surface area contributed by atoms with Crippen LogP contribution in [0, 0.1) is 12.8 Å². The number of carbonyl (C=O) groups is 1. The molecule has 2 heterocycles. The second kappa shape index (κ2) is 7.78. The highest BCUT2D eigenvalue weighted by Gasteiger charge is 2.45. The molecule has 1 aliphatic rings. The SMILES string of the molecule is COC(=O)c1cn2ccnc2c(-c2c(C)ccc(S(=O)(=O)NCC3CC(F)(F)C3)c2N)n1. The number of aryl methyl sites for hydroxylation is 1. The first kappa shape index (κ1) is 22.1. The summed E-state index contributed by atoms with van der Waals surface area (Å²) in [6.45, 7) is 1.61. The van der Waals surface area contributed by atoms with Crippen LogP contribution in [0.2, 0.25) is 0 Å². The van der Waals surface area contributed by atoms with Crippen molar-refractivity contribution in [3.05, 3.63) is 42.0 Å². The number of methoxy groups -OCH3 is 1. The largest absolute Gasteiger partial charge is 0.464 e. The van der Waals surface area contributed by atoms with Gasteiger partial charge in [0.2, 0.25) is 15.9 Å². The summed E-state index contributed by atoms with van der Waals surface area (Å²) in [4.78, 5) is 20.4. The molecule has 0 spiro atoms. The molecule has 0 saturated heterocycles. The van der Waals surface area contributed by atoms with Crippen LogP contribution < -0.4 is 10.5 Å². The molecular formula is C20H21F2N5O4S. The van der Waals surface area contributed by atoms with Gasteiger partial charge in [-0.05, 0) is 24.5 Å². The van der Waals surface area contributed by atoms with Gasteiger partial charge in [-0.15, -0.1) is 0 Å². The number of nitrogens with two attached hydrogens (primary N) is 1. The fraction of sp³-hybridized carbons (Fsp3) is 0.350. The summed E-state index contributed by atoms with van der Waals surface area (Å²) in [5.74, 6) is -3.85. The lowest BCUT2D eigenvalue weighted by molar-refractivity contribution is -0.108. The average molecular weight is 465 g/mol. The molecule has 1 saturated carbocycles. The van der Waals surface area contributed by atoms with Crippen molar-refractivity contribution >= 4 is 27.3 Å². The second-order valence-corrected chi connectivity index (χ2v) is 9.51. The number of alkyl halides is 2. The van der Waals surface area contributed by atoms with Gasteiger partial charge >= 0.3 is 5.97 Å². The molecule has 3 N–H and O–H groups in total.